The van der Waals surface area contributed by atoms with Gasteiger partial charge in [0.1, 0.15) is 34.5 Å². The zero-order valence-electron chi connectivity index (χ0n) is 33.5. The molecule has 4 nitrogen and oxygen atoms in total. The fourth-order valence-corrected chi connectivity index (χ4v) is 9.21. The summed E-state index contributed by atoms with van der Waals surface area (Å²) >= 11 is 0. The highest BCUT2D eigenvalue weighted by molar-refractivity contribution is 6.98. The fourth-order valence-electron chi connectivity index (χ4n) is 9.21. The van der Waals surface area contributed by atoms with Gasteiger partial charge in [0.2, 0.25) is 0 Å². The van der Waals surface area contributed by atoms with Gasteiger partial charge in [-0.3, -0.25) is 0 Å². The molecule has 7 aromatic rings. The van der Waals surface area contributed by atoms with Gasteiger partial charge in [-0.15, -0.1) is 0 Å². The Labute approximate surface area is 331 Å². The van der Waals surface area contributed by atoms with Gasteiger partial charge in [-0.25, -0.2) is 0 Å². The highest BCUT2D eigenvalue weighted by Crippen LogP contribution is 2.52. The van der Waals surface area contributed by atoms with Crippen LogP contribution in [0.15, 0.2) is 133 Å². The zero-order chi connectivity index (χ0) is 38.9. The van der Waals surface area contributed by atoms with Crippen LogP contribution in [0.1, 0.15) is 58.4 Å². The Morgan fingerprint density at radius 1 is 0.500 bits per heavy atom. The van der Waals surface area contributed by atoms with E-state index in [1.165, 1.54) is 33.6 Å². The summed E-state index contributed by atoms with van der Waals surface area (Å²) in [5.41, 5.74) is 15.6. The first kappa shape index (κ1) is 35.5. The lowest BCUT2D eigenvalue weighted by Crippen LogP contribution is -2.55. The molecule has 2 aliphatic heterocycles. The number of benzene rings is 7. The quantitative estimate of drug-likeness (QED) is 0.159. The van der Waals surface area contributed by atoms with E-state index in [9.17, 15) is 0 Å². The van der Waals surface area contributed by atoms with Crippen molar-refractivity contribution in [3.05, 3.63) is 178 Å². The summed E-state index contributed by atoms with van der Waals surface area (Å²) in [7, 11) is 0. The first-order chi connectivity index (χ1) is 27.0. The van der Waals surface area contributed by atoms with Gasteiger partial charge in [-0.1, -0.05) is 116 Å². The molecule has 0 fully saturated rings. The largest absolute Gasteiger partial charge is 0.458 e. The molecule has 7 aromatic carbocycles. The first-order valence-corrected chi connectivity index (χ1v) is 19.5. The number of nitrogens with zero attached hydrogens (tertiary/aromatic N) is 1. The number of anilines is 3. The van der Waals surface area contributed by atoms with E-state index >= 15 is 0 Å². The predicted molar refractivity (Wildman–Crippen MR) is 232 cm³/mol. The summed E-state index contributed by atoms with van der Waals surface area (Å²) < 4.78 is 21.0. The number of ether oxygens (including phenoxy) is 3. The molecule has 0 radical (unpaired) electrons. The van der Waals surface area contributed by atoms with E-state index in [2.05, 4.69) is 182 Å². The third kappa shape index (κ3) is 5.85. The van der Waals surface area contributed by atoms with E-state index in [1.807, 2.05) is 12.1 Å². The second-order valence-electron chi connectivity index (χ2n) is 16.1. The van der Waals surface area contributed by atoms with E-state index in [1.54, 1.807) is 0 Å². The lowest BCUT2D eigenvalue weighted by Gasteiger charge is -2.42. The van der Waals surface area contributed by atoms with Gasteiger partial charge in [0.15, 0.2) is 0 Å². The molecule has 0 amide bonds. The van der Waals surface area contributed by atoms with Crippen LogP contribution in [0.3, 0.4) is 0 Å². The molecule has 56 heavy (non-hydrogen) atoms. The Bertz CT molecular complexity index is 2520. The van der Waals surface area contributed by atoms with Crippen molar-refractivity contribution < 1.29 is 14.2 Å². The third-order valence-corrected chi connectivity index (χ3v) is 11.6. The number of rotatable bonds is 6. The molecule has 9 rings (SSSR count). The van der Waals surface area contributed by atoms with Crippen LogP contribution in [0.25, 0.3) is 0 Å². The van der Waals surface area contributed by atoms with Crippen LogP contribution >= 0.6 is 0 Å². The summed E-state index contributed by atoms with van der Waals surface area (Å²) in [6, 6.07) is 47.5. The van der Waals surface area contributed by atoms with Crippen molar-refractivity contribution in [2.75, 3.05) is 4.90 Å². The highest BCUT2D eigenvalue weighted by Gasteiger charge is 2.40. The fraction of sp³-hybridized carbons (Fsp3) is 0.176. The smallest absolute Gasteiger partial charge is 0.260 e. The number of hydrogen-bond donors (Lipinski definition) is 0. The molecule has 276 valence electrons. The maximum absolute atomic E-state index is 7.05. The first-order valence-electron chi connectivity index (χ1n) is 19.5. The average molecular weight is 732 g/mol. The lowest BCUT2D eigenvalue weighted by atomic mass is 9.35. The van der Waals surface area contributed by atoms with Crippen LogP contribution in [0.2, 0.25) is 0 Å². The number of fused-ring (bicyclic) bond motifs is 4. The van der Waals surface area contributed by atoms with E-state index in [0.717, 1.165) is 78.8 Å². The van der Waals surface area contributed by atoms with Crippen molar-refractivity contribution in [1.82, 2.24) is 0 Å². The Morgan fingerprint density at radius 3 is 1.54 bits per heavy atom. The standard InChI is InChI=1S/C51H46BNO3/c1-31-26-33(3)49(34(4)27-31)55-45-22-15-23-46(56-50-35(5)28-32(2)29-36(50)6)48(45)52-40-18-11-14-21-44(40)54-47-30-37(24-25-41(47)52)53-42-19-12-9-16-38(42)51(7,8)39-17-10-13-20-43(39)53/h9-30H,1-8H3. The van der Waals surface area contributed by atoms with E-state index in [-0.39, 0.29) is 12.1 Å². The maximum atomic E-state index is 7.05. The van der Waals surface area contributed by atoms with Crippen LogP contribution in [0, 0.1) is 41.5 Å². The molecule has 0 atom stereocenters. The van der Waals surface area contributed by atoms with Gasteiger partial charge in [0, 0.05) is 22.6 Å². The summed E-state index contributed by atoms with van der Waals surface area (Å²) in [6.07, 6.45) is 0. The molecule has 2 aliphatic rings. The van der Waals surface area contributed by atoms with Gasteiger partial charge in [-0.05, 0) is 122 Å². The molecule has 0 saturated carbocycles. The molecule has 2 heterocycles. The van der Waals surface area contributed by atoms with Crippen LogP contribution in [-0.2, 0) is 5.41 Å². The van der Waals surface area contributed by atoms with Gasteiger partial charge >= 0.3 is 0 Å². The second-order valence-corrected chi connectivity index (χ2v) is 16.1. The third-order valence-electron chi connectivity index (χ3n) is 11.6. The Balaban J connectivity index is 1.26. The van der Waals surface area contributed by atoms with Crippen molar-refractivity contribution in [3.63, 3.8) is 0 Å². The van der Waals surface area contributed by atoms with Crippen molar-refractivity contribution in [2.24, 2.45) is 0 Å². The topological polar surface area (TPSA) is 30.9 Å². The van der Waals surface area contributed by atoms with Crippen molar-refractivity contribution >= 4 is 40.2 Å². The van der Waals surface area contributed by atoms with Gasteiger partial charge in [-0.2, -0.15) is 0 Å². The van der Waals surface area contributed by atoms with Crippen molar-refractivity contribution in [2.45, 2.75) is 60.8 Å². The van der Waals surface area contributed by atoms with Crippen LogP contribution in [0.4, 0.5) is 17.1 Å². The molecular weight excluding hydrogens is 685 g/mol. The molecule has 0 spiro atoms. The number of aryl methyl sites for hydroxylation is 6. The lowest BCUT2D eigenvalue weighted by molar-refractivity contribution is 0.459. The van der Waals surface area contributed by atoms with E-state index in [0.29, 0.717) is 0 Å². The van der Waals surface area contributed by atoms with E-state index in [4.69, 9.17) is 14.2 Å². The minimum absolute atomic E-state index is 0.152. The molecule has 0 N–H and O–H groups in total. The predicted octanol–water partition coefficient (Wildman–Crippen LogP) is 11.9. The van der Waals surface area contributed by atoms with Gasteiger partial charge < -0.3 is 19.1 Å². The van der Waals surface area contributed by atoms with Gasteiger partial charge in [0.05, 0.1) is 11.4 Å². The monoisotopic (exact) mass is 731 g/mol. The molecule has 5 heteroatoms. The minimum Gasteiger partial charge on any atom is -0.458 e. The molecule has 0 aliphatic carbocycles. The van der Waals surface area contributed by atoms with Crippen LogP contribution in [0.5, 0.6) is 34.5 Å². The molecular formula is C51H46BNO3. The number of hydrogen-bond acceptors (Lipinski definition) is 4. The second kappa shape index (κ2) is 13.5. The van der Waals surface area contributed by atoms with Crippen molar-refractivity contribution in [3.8, 4) is 34.5 Å². The van der Waals surface area contributed by atoms with Gasteiger partial charge in [0.25, 0.3) is 6.71 Å². The Morgan fingerprint density at radius 2 is 0.982 bits per heavy atom. The Kier molecular flexibility index (Phi) is 8.58. The van der Waals surface area contributed by atoms with Crippen LogP contribution in [-0.4, -0.2) is 6.71 Å². The minimum atomic E-state index is -0.257. The molecule has 0 aromatic heterocycles. The number of para-hydroxylation sites is 3. The maximum Gasteiger partial charge on any atom is 0.260 e. The van der Waals surface area contributed by atoms with E-state index < -0.39 is 0 Å². The normalized spacial score (nSPS) is 13.6. The molecule has 0 saturated heterocycles. The highest BCUT2D eigenvalue weighted by atomic mass is 16.5. The summed E-state index contributed by atoms with van der Waals surface area (Å²) in [5.74, 6) is 4.83. The summed E-state index contributed by atoms with van der Waals surface area (Å²) in [4.78, 5) is 2.38. The summed E-state index contributed by atoms with van der Waals surface area (Å²) in [5, 5.41) is 0. The molecule has 0 unspecified atom stereocenters. The van der Waals surface area contributed by atoms with Crippen LogP contribution < -0.4 is 35.5 Å². The SMILES string of the molecule is Cc1cc(C)c(Oc2cccc(Oc3c(C)cc(C)cc3C)c2B2c3ccccc3Oc3cc(N4c5ccccc5C(C)(C)c5ccccc54)ccc32)c(C)c1. The average Bonchev–Trinajstić information content (AvgIpc) is 3.17. The Hall–Kier alpha value is -6.20. The zero-order valence-corrected chi connectivity index (χ0v) is 33.5. The van der Waals surface area contributed by atoms with Crippen molar-refractivity contribution in [1.29, 1.82) is 0 Å². The molecule has 0 bridgehead atoms. The summed E-state index contributed by atoms with van der Waals surface area (Å²) in [6.45, 7) is 17.1.